The Morgan fingerprint density at radius 2 is 1.82 bits per heavy atom. The molecule has 0 radical (unpaired) electrons. The summed E-state index contributed by atoms with van der Waals surface area (Å²) in [6.07, 6.45) is 4.28. The van der Waals surface area contributed by atoms with E-state index in [2.05, 4.69) is 5.43 Å². The minimum absolute atomic E-state index is 0.372. The highest BCUT2D eigenvalue weighted by Gasteiger charge is 2.29. The van der Waals surface area contributed by atoms with Gasteiger partial charge in [-0.3, -0.25) is 15.0 Å². The lowest BCUT2D eigenvalue weighted by molar-refractivity contribution is -0.156. The van der Waals surface area contributed by atoms with Crippen LogP contribution < -0.4 is 11.3 Å². The summed E-state index contributed by atoms with van der Waals surface area (Å²) in [4.78, 5) is 25.2. The van der Waals surface area contributed by atoms with Gasteiger partial charge in [0.2, 0.25) is 0 Å². The van der Waals surface area contributed by atoms with Gasteiger partial charge in [0.1, 0.15) is 5.60 Å². The average molecular weight is 380 g/mol. The van der Waals surface area contributed by atoms with Crippen LogP contribution in [0.15, 0.2) is 54.6 Å². The first-order chi connectivity index (χ1) is 13.2. The summed E-state index contributed by atoms with van der Waals surface area (Å²) in [5.41, 5.74) is 4.49. The maximum atomic E-state index is 13.0. The van der Waals surface area contributed by atoms with E-state index in [4.69, 9.17) is 10.6 Å². The topological polar surface area (TPSA) is 81.4 Å². The summed E-state index contributed by atoms with van der Waals surface area (Å²) in [5, 5.41) is 0. The summed E-state index contributed by atoms with van der Waals surface area (Å²) in [7, 11) is 0. The third-order valence-corrected chi connectivity index (χ3v) is 4.13. The van der Waals surface area contributed by atoms with Crippen LogP contribution in [0, 0.1) is 6.92 Å². The van der Waals surface area contributed by atoms with Gasteiger partial charge in [0.25, 0.3) is 5.91 Å². The maximum absolute atomic E-state index is 13.0. The molecule has 0 bridgehead atoms. The zero-order valence-corrected chi connectivity index (χ0v) is 16.9. The van der Waals surface area contributed by atoms with E-state index in [-0.39, 0.29) is 5.97 Å². The molecule has 1 amide bonds. The molecule has 0 fully saturated rings. The Morgan fingerprint density at radius 1 is 1.14 bits per heavy atom. The lowest BCUT2D eigenvalue weighted by Gasteiger charge is -2.25. The van der Waals surface area contributed by atoms with Crippen molar-refractivity contribution in [2.45, 2.75) is 45.6 Å². The van der Waals surface area contributed by atoms with E-state index in [9.17, 15) is 9.59 Å². The third kappa shape index (κ3) is 6.06. The average Bonchev–Trinajstić information content (AvgIpc) is 2.64. The van der Waals surface area contributed by atoms with Crippen LogP contribution in [0.4, 0.5) is 0 Å². The van der Waals surface area contributed by atoms with Crippen molar-refractivity contribution in [3.8, 4) is 0 Å². The Bertz CT molecular complexity index is 852. The SMILES string of the molecule is Cc1ccc(C(=O)NN)c([C@@H](C/C=C/c2ccccc2)C(=O)OC(C)(C)C)c1. The number of nitrogens with one attached hydrogen (secondary N) is 1. The zero-order valence-electron chi connectivity index (χ0n) is 16.9. The predicted octanol–water partition coefficient (Wildman–Crippen LogP) is 4.13. The van der Waals surface area contributed by atoms with Crippen LogP contribution in [0.25, 0.3) is 6.08 Å². The molecule has 3 N–H and O–H groups in total. The number of allylic oxidation sites excluding steroid dienone is 1. The molecule has 0 saturated carbocycles. The molecular formula is C23H28N2O3. The van der Waals surface area contributed by atoms with Gasteiger partial charge >= 0.3 is 5.97 Å². The Morgan fingerprint density at radius 3 is 2.43 bits per heavy atom. The van der Waals surface area contributed by atoms with Crippen molar-refractivity contribution in [3.05, 3.63) is 76.9 Å². The summed E-state index contributed by atoms with van der Waals surface area (Å²) < 4.78 is 5.63. The first kappa shape index (κ1) is 21.4. The second-order valence-electron chi connectivity index (χ2n) is 7.70. The molecule has 5 nitrogen and oxygen atoms in total. The van der Waals surface area contributed by atoms with Crippen LogP contribution in [0.5, 0.6) is 0 Å². The number of carbonyl (C=O) groups excluding carboxylic acids is 2. The number of aryl methyl sites for hydroxylation is 1. The highest BCUT2D eigenvalue weighted by Crippen LogP contribution is 2.29. The third-order valence-electron chi connectivity index (χ3n) is 4.13. The van der Waals surface area contributed by atoms with Crippen molar-refractivity contribution in [1.82, 2.24) is 5.43 Å². The summed E-state index contributed by atoms with van der Waals surface area (Å²) >= 11 is 0. The number of benzene rings is 2. The van der Waals surface area contributed by atoms with Crippen molar-refractivity contribution < 1.29 is 14.3 Å². The van der Waals surface area contributed by atoms with Gasteiger partial charge in [-0.1, -0.05) is 60.2 Å². The number of nitrogens with two attached hydrogens (primary N) is 1. The van der Waals surface area contributed by atoms with Crippen LogP contribution in [0.3, 0.4) is 0 Å². The van der Waals surface area contributed by atoms with Crippen molar-refractivity contribution in [3.63, 3.8) is 0 Å². The van der Waals surface area contributed by atoms with E-state index in [1.165, 1.54) is 0 Å². The van der Waals surface area contributed by atoms with E-state index in [0.29, 0.717) is 17.5 Å². The fraction of sp³-hybridized carbons (Fsp3) is 0.304. The summed E-state index contributed by atoms with van der Waals surface area (Å²) in [6.45, 7) is 7.39. The standard InChI is InChI=1S/C23H28N2O3/c1-16-13-14-18(21(26)25-24)20(15-16)19(22(27)28-23(2,3)4)12-8-11-17-9-6-5-7-10-17/h5-11,13-15,19H,12,24H2,1-4H3,(H,25,26)/b11-8+/t19-/m1/s1. The van der Waals surface area contributed by atoms with E-state index < -0.39 is 17.4 Å². The molecule has 0 aliphatic heterocycles. The molecule has 2 aromatic rings. The molecule has 0 saturated heterocycles. The first-order valence-corrected chi connectivity index (χ1v) is 9.27. The van der Waals surface area contributed by atoms with Crippen LogP contribution >= 0.6 is 0 Å². The van der Waals surface area contributed by atoms with Gasteiger partial charge in [-0.2, -0.15) is 0 Å². The number of amides is 1. The van der Waals surface area contributed by atoms with Gasteiger partial charge in [-0.05, 0) is 51.3 Å². The quantitative estimate of drug-likeness (QED) is 0.342. The lowest BCUT2D eigenvalue weighted by Crippen LogP contribution is -2.33. The van der Waals surface area contributed by atoms with Gasteiger partial charge in [0.15, 0.2) is 0 Å². The first-order valence-electron chi connectivity index (χ1n) is 9.27. The van der Waals surface area contributed by atoms with Crippen LogP contribution in [0.2, 0.25) is 0 Å². The molecular weight excluding hydrogens is 352 g/mol. The number of rotatable bonds is 6. The molecule has 2 aromatic carbocycles. The number of hydrazine groups is 1. The van der Waals surface area contributed by atoms with Gasteiger partial charge in [0.05, 0.1) is 5.92 Å². The Kier molecular flexibility index (Phi) is 7.12. The molecule has 1 atom stereocenters. The monoisotopic (exact) mass is 380 g/mol. The van der Waals surface area contributed by atoms with E-state index in [1.54, 1.807) is 6.07 Å². The molecule has 0 heterocycles. The van der Waals surface area contributed by atoms with Crippen LogP contribution in [-0.2, 0) is 9.53 Å². The molecule has 0 aromatic heterocycles. The zero-order chi connectivity index (χ0) is 20.7. The minimum atomic E-state index is -0.626. The van der Waals surface area contributed by atoms with Gasteiger partial charge < -0.3 is 4.74 Å². The molecule has 2 rings (SSSR count). The smallest absolute Gasteiger partial charge is 0.314 e. The number of ether oxygens (including phenoxy) is 1. The Balaban J connectivity index is 2.41. The second-order valence-corrected chi connectivity index (χ2v) is 7.70. The molecule has 0 aliphatic rings. The summed E-state index contributed by atoms with van der Waals surface area (Å²) in [6, 6.07) is 15.2. The van der Waals surface area contributed by atoms with Gasteiger partial charge in [-0.25, -0.2) is 5.84 Å². The lowest BCUT2D eigenvalue weighted by atomic mass is 9.89. The number of esters is 1. The molecule has 148 valence electrons. The van der Waals surface area contributed by atoms with Crippen molar-refractivity contribution in [2.75, 3.05) is 0 Å². The highest BCUT2D eigenvalue weighted by molar-refractivity contribution is 5.97. The van der Waals surface area contributed by atoms with Crippen molar-refractivity contribution >= 4 is 18.0 Å². The fourth-order valence-corrected chi connectivity index (χ4v) is 2.88. The van der Waals surface area contributed by atoms with Crippen LogP contribution in [0.1, 0.15) is 60.2 Å². The van der Waals surface area contributed by atoms with E-state index in [1.807, 2.05) is 82.3 Å². The maximum Gasteiger partial charge on any atom is 0.314 e. The molecule has 28 heavy (non-hydrogen) atoms. The number of carbonyl (C=O) groups is 2. The number of nitrogen functional groups attached to an aromatic ring is 1. The predicted molar refractivity (Wildman–Crippen MR) is 112 cm³/mol. The van der Waals surface area contributed by atoms with Gasteiger partial charge in [-0.15, -0.1) is 0 Å². The minimum Gasteiger partial charge on any atom is -0.459 e. The molecule has 0 unspecified atom stereocenters. The Labute approximate surface area is 166 Å². The van der Waals surface area contributed by atoms with E-state index in [0.717, 1.165) is 11.1 Å². The normalized spacial score (nSPS) is 12.6. The van der Waals surface area contributed by atoms with E-state index >= 15 is 0 Å². The van der Waals surface area contributed by atoms with Gasteiger partial charge in [0, 0.05) is 5.56 Å². The largest absolute Gasteiger partial charge is 0.459 e. The molecule has 0 aliphatic carbocycles. The molecule has 5 heteroatoms. The number of hydrogen-bond donors (Lipinski definition) is 2. The highest BCUT2D eigenvalue weighted by atomic mass is 16.6. The Hall–Kier alpha value is -2.92. The fourth-order valence-electron chi connectivity index (χ4n) is 2.88. The molecule has 0 spiro atoms. The van der Waals surface area contributed by atoms with Crippen molar-refractivity contribution in [2.24, 2.45) is 5.84 Å². The van der Waals surface area contributed by atoms with Crippen molar-refractivity contribution in [1.29, 1.82) is 0 Å². The summed E-state index contributed by atoms with van der Waals surface area (Å²) in [5.74, 6) is 3.91. The number of hydrogen-bond acceptors (Lipinski definition) is 4. The second kappa shape index (κ2) is 9.33. The van der Waals surface area contributed by atoms with Crippen LogP contribution in [-0.4, -0.2) is 17.5 Å².